The number of aliphatic hydroxyl groups is 1. The first-order chi connectivity index (χ1) is 18.8. The summed E-state index contributed by atoms with van der Waals surface area (Å²) in [6.07, 6.45) is -2.76. The summed E-state index contributed by atoms with van der Waals surface area (Å²) >= 11 is 0. The monoisotopic (exact) mass is 556 g/mol. The Bertz CT molecular complexity index is 1530. The molecule has 4 aromatic rings. The molecular formula is C27H27F3N6O4. The van der Waals surface area contributed by atoms with Crippen LogP contribution in [0.15, 0.2) is 60.8 Å². The number of carbonyl (C=O) groups is 2. The van der Waals surface area contributed by atoms with Crippen LogP contribution in [0.4, 0.5) is 24.8 Å². The molecule has 0 bridgehead atoms. The molecule has 0 saturated heterocycles. The minimum atomic E-state index is -4.49. The average Bonchev–Trinajstić information content (AvgIpc) is 3.31. The summed E-state index contributed by atoms with van der Waals surface area (Å²) in [5.74, 6) is -0.522. The SMILES string of the molecule is COc1cc(C(=O)NCC(C)(C)O)ccc1Nc1nc2ccc(-c3ccc(C(=O)NCC(F)(F)F)cc3)cn2n1. The van der Waals surface area contributed by atoms with Crippen molar-refractivity contribution in [2.45, 2.75) is 25.6 Å². The predicted molar refractivity (Wildman–Crippen MR) is 142 cm³/mol. The maximum atomic E-state index is 12.4. The second-order valence-electron chi connectivity index (χ2n) is 9.57. The quantitative estimate of drug-likeness (QED) is 0.246. The van der Waals surface area contributed by atoms with Gasteiger partial charge in [0.15, 0.2) is 5.65 Å². The van der Waals surface area contributed by atoms with E-state index in [0.29, 0.717) is 22.6 Å². The summed E-state index contributed by atoms with van der Waals surface area (Å²) < 4.78 is 44.0. The van der Waals surface area contributed by atoms with Crippen molar-refractivity contribution < 1.29 is 32.6 Å². The minimum absolute atomic E-state index is 0.0861. The summed E-state index contributed by atoms with van der Waals surface area (Å²) in [6.45, 7) is 1.87. The van der Waals surface area contributed by atoms with E-state index in [4.69, 9.17) is 4.74 Å². The van der Waals surface area contributed by atoms with Crippen molar-refractivity contribution in [1.82, 2.24) is 25.2 Å². The summed E-state index contributed by atoms with van der Waals surface area (Å²) in [5.41, 5.74) is 1.94. The minimum Gasteiger partial charge on any atom is -0.495 e. The number of fused-ring (bicyclic) bond motifs is 1. The van der Waals surface area contributed by atoms with Gasteiger partial charge in [-0.3, -0.25) is 9.59 Å². The molecule has 0 aliphatic carbocycles. The molecule has 2 amide bonds. The molecule has 40 heavy (non-hydrogen) atoms. The molecule has 2 aromatic heterocycles. The normalized spacial score (nSPS) is 11.8. The third-order valence-corrected chi connectivity index (χ3v) is 5.65. The van der Waals surface area contributed by atoms with E-state index >= 15 is 0 Å². The van der Waals surface area contributed by atoms with Crippen molar-refractivity contribution in [2.75, 3.05) is 25.5 Å². The van der Waals surface area contributed by atoms with Crippen molar-refractivity contribution in [3.63, 3.8) is 0 Å². The molecule has 0 saturated carbocycles. The van der Waals surface area contributed by atoms with E-state index in [1.807, 2.05) is 5.32 Å². The Morgan fingerprint density at radius 3 is 2.20 bits per heavy atom. The molecule has 10 nitrogen and oxygen atoms in total. The van der Waals surface area contributed by atoms with Gasteiger partial charge in [0.05, 0.1) is 18.4 Å². The van der Waals surface area contributed by atoms with Crippen LogP contribution < -0.4 is 20.7 Å². The van der Waals surface area contributed by atoms with E-state index in [0.717, 1.165) is 11.1 Å². The van der Waals surface area contributed by atoms with Gasteiger partial charge in [-0.1, -0.05) is 12.1 Å². The van der Waals surface area contributed by atoms with Crippen molar-refractivity contribution in [1.29, 1.82) is 0 Å². The van der Waals surface area contributed by atoms with Gasteiger partial charge in [0.25, 0.3) is 11.8 Å². The van der Waals surface area contributed by atoms with Gasteiger partial charge in [-0.25, -0.2) is 4.52 Å². The highest BCUT2D eigenvalue weighted by Gasteiger charge is 2.28. The third kappa shape index (κ3) is 7.26. The highest BCUT2D eigenvalue weighted by molar-refractivity contribution is 5.95. The Labute approximate surface area is 227 Å². The number of methoxy groups -OCH3 is 1. The van der Waals surface area contributed by atoms with Crippen LogP contribution in [0.2, 0.25) is 0 Å². The lowest BCUT2D eigenvalue weighted by Crippen LogP contribution is -2.38. The molecule has 2 aromatic carbocycles. The first kappa shape index (κ1) is 28.4. The van der Waals surface area contributed by atoms with E-state index < -0.39 is 24.2 Å². The number of rotatable bonds is 9. The molecule has 4 N–H and O–H groups in total. The lowest BCUT2D eigenvalue weighted by Gasteiger charge is -2.18. The molecule has 0 fully saturated rings. The fourth-order valence-corrected chi connectivity index (χ4v) is 3.66. The Kier molecular flexibility index (Phi) is 7.96. The molecule has 0 aliphatic heterocycles. The van der Waals surface area contributed by atoms with Crippen molar-refractivity contribution in [2.24, 2.45) is 0 Å². The number of halogens is 3. The summed E-state index contributed by atoms with van der Waals surface area (Å²) in [5, 5.41) is 21.8. The molecule has 0 unspecified atom stereocenters. The number of carbonyl (C=O) groups excluding carboxylic acids is 2. The lowest BCUT2D eigenvalue weighted by molar-refractivity contribution is -0.123. The standard InChI is InChI=1S/C27H27F3N6O4/c1-26(2,39)14-31-24(38)18-8-10-20(21(12-18)40-3)33-25-34-22-11-9-19(13-36(22)35-25)16-4-6-17(7-5-16)23(37)32-15-27(28,29)30/h4-13,39H,14-15H2,1-3H3,(H,31,38)(H,32,37)(H,33,35). The number of hydrogen-bond donors (Lipinski definition) is 4. The van der Waals surface area contributed by atoms with Gasteiger partial charge in [0, 0.05) is 29.4 Å². The van der Waals surface area contributed by atoms with E-state index in [9.17, 15) is 27.9 Å². The van der Waals surface area contributed by atoms with Gasteiger partial charge in [-0.15, -0.1) is 5.10 Å². The lowest BCUT2D eigenvalue weighted by atomic mass is 10.1. The van der Waals surface area contributed by atoms with Crippen LogP contribution >= 0.6 is 0 Å². The van der Waals surface area contributed by atoms with E-state index in [1.165, 1.54) is 19.2 Å². The van der Waals surface area contributed by atoms with Crippen LogP contribution in [-0.2, 0) is 0 Å². The largest absolute Gasteiger partial charge is 0.495 e. The van der Waals surface area contributed by atoms with Crippen molar-refractivity contribution in [3.8, 4) is 16.9 Å². The van der Waals surface area contributed by atoms with Crippen LogP contribution in [0.3, 0.4) is 0 Å². The smallest absolute Gasteiger partial charge is 0.405 e. The van der Waals surface area contributed by atoms with Gasteiger partial charge in [0.1, 0.15) is 12.3 Å². The number of ether oxygens (including phenoxy) is 1. The number of hydrogen-bond acceptors (Lipinski definition) is 7. The maximum Gasteiger partial charge on any atom is 0.405 e. The molecule has 4 rings (SSSR count). The summed E-state index contributed by atoms with van der Waals surface area (Å²) in [4.78, 5) is 28.8. The number of nitrogens with one attached hydrogen (secondary N) is 3. The number of alkyl halides is 3. The summed E-state index contributed by atoms with van der Waals surface area (Å²) in [6, 6.07) is 14.5. The Balaban J connectivity index is 1.48. The molecule has 0 atom stereocenters. The number of amides is 2. The molecular weight excluding hydrogens is 529 g/mol. The highest BCUT2D eigenvalue weighted by Crippen LogP contribution is 2.28. The zero-order valence-corrected chi connectivity index (χ0v) is 21.8. The zero-order valence-electron chi connectivity index (χ0n) is 21.8. The number of benzene rings is 2. The second-order valence-corrected chi connectivity index (χ2v) is 9.57. The van der Waals surface area contributed by atoms with Gasteiger partial charge in [-0.2, -0.15) is 18.2 Å². The predicted octanol–water partition coefficient (Wildman–Crippen LogP) is 3.94. The Morgan fingerprint density at radius 2 is 1.55 bits per heavy atom. The first-order valence-electron chi connectivity index (χ1n) is 12.1. The number of pyridine rings is 1. The third-order valence-electron chi connectivity index (χ3n) is 5.65. The molecule has 13 heteroatoms. The van der Waals surface area contributed by atoms with E-state index in [2.05, 4.69) is 20.7 Å². The molecule has 0 radical (unpaired) electrons. The molecule has 0 spiro atoms. The van der Waals surface area contributed by atoms with E-state index in [-0.39, 0.29) is 24.0 Å². The van der Waals surface area contributed by atoms with Crippen LogP contribution in [-0.4, -0.2) is 63.5 Å². The first-order valence-corrected chi connectivity index (χ1v) is 12.1. The topological polar surface area (TPSA) is 130 Å². The number of anilines is 2. The second kappa shape index (κ2) is 11.2. The van der Waals surface area contributed by atoms with Gasteiger partial charge in [0.2, 0.25) is 5.95 Å². The summed E-state index contributed by atoms with van der Waals surface area (Å²) in [7, 11) is 1.47. The van der Waals surface area contributed by atoms with Crippen LogP contribution in [0.25, 0.3) is 16.8 Å². The Hall–Kier alpha value is -4.65. The molecule has 2 heterocycles. The van der Waals surface area contributed by atoms with E-state index in [1.54, 1.807) is 67.0 Å². The van der Waals surface area contributed by atoms with Gasteiger partial charge >= 0.3 is 6.18 Å². The van der Waals surface area contributed by atoms with Crippen LogP contribution in [0, 0.1) is 0 Å². The van der Waals surface area contributed by atoms with Crippen LogP contribution in [0.5, 0.6) is 5.75 Å². The van der Waals surface area contributed by atoms with Gasteiger partial charge in [-0.05, 0) is 61.9 Å². The fraction of sp³-hybridized carbons (Fsp3) is 0.259. The zero-order chi connectivity index (χ0) is 29.1. The fourth-order valence-electron chi connectivity index (χ4n) is 3.66. The molecule has 210 valence electrons. The number of nitrogens with zero attached hydrogens (tertiary/aromatic N) is 3. The Morgan fingerprint density at radius 1 is 0.925 bits per heavy atom. The van der Waals surface area contributed by atoms with Crippen molar-refractivity contribution >= 4 is 29.1 Å². The average molecular weight is 557 g/mol. The highest BCUT2D eigenvalue weighted by atomic mass is 19.4. The maximum absolute atomic E-state index is 12.4. The number of aromatic nitrogens is 3. The van der Waals surface area contributed by atoms with Gasteiger partial charge < -0.3 is 25.8 Å². The molecule has 0 aliphatic rings. The van der Waals surface area contributed by atoms with Crippen molar-refractivity contribution in [3.05, 3.63) is 71.9 Å². The van der Waals surface area contributed by atoms with Crippen LogP contribution in [0.1, 0.15) is 34.6 Å².